The first-order valence-corrected chi connectivity index (χ1v) is 5.75. The number of carbonyl (C=O) groups is 2. The van der Waals surface area contributed by atoms with E-state index in [1.165, 1.54) is 0 Å². The summed E-state index contributed by atoms with van der Waals surface area (Å²) in [5.74, 6) is -0.715. The molecule has 17 heavy (non-hydrogen) atoms. The molecule has 5 heteroatoms. The third-order valence-corrected chi connectivity index (χ3v) is 3.36. The lowest BCUT2D eigenvalue weighted by Crippen LogP contribution is -2.34. The maximum Gasteiger partial charge on any atom is 0.352 e. The fourth-order valence-electron chi connectivity index (χ4n) is 1.94. The molecule has 0 unspecified atom stereocenters. The number of carboxylic acid groups (broad SMARTS) is 1. The van der Waals surface area contributed by atoms with Crippen LogP contribution >= 0.6 is 0 Å². The lowest BCUT2D eigenvalue weighted by atomic mass is 9.85. The van der Waals surface area contributed by atoms with Crippen molar-refractivity contribution in [3.8, 4) is 0 Å². The molecule has 1 aliphatic rings. The average molecular weight is 236 g/mol. The summed E-state index contributed by atoms with van der Waals surface area (Å²) in [6.45, 7) is 0.388. The molecule has 0 radical (unpaired) electrons. The van der Waals surface area contributed by atoms with Crippen molar-refractivity contribution in [2.45, 2.75) is 25.8 Å². The van der Waals surface area contributed by atoms with Gasteiger partial charge in [0.05, 0.1) is 6.54 Å². The summed E-state index contributed by atoms with van der Waals surface area (Å²) in [6, 6.07) is 3.28. The number of carbonyl (C=O) groups excluding carboxylic acids is 1. The second-order valence-electron chi connectivity index (χ2n) is 4.42. The number of hydrogen-bond acceptors (Lipinski definition) is 2. The van der Waals surface area contributed by atoms with Gasteiger partial charge in [-0.15, -0.1) is 0 Å². The first-order chi connectivity index (χ1) is 8.09. The Bertz CT molecular complexity index is 447. The van der Waals surface area contributed by atoms with E-state index in [1.54, 1.807) is 23.7 Å². The number of hydrogen-bond donors (Lipinski definition) is 2. The normalized spacial score (nSPS) is 15.4. The summed E-state index contributed by atoms with van der Waals surface area (Å²) in [5.41, 5.74) is 1.04. The zero-order valence-corrected chi connectivity index (χ0v) is 9.77. The van der Waals surface area contributed by atoms with Gasteiger partial charge in [0, 0.05) is 18.7 Å². The largest absolute Gasteiger partial charge is 0.477 e. The van der Waals surface area contributed by atoms with Gasteiger partial charge in [0.2, 0.25) is 5.91 Å². The summed E-state index contributed by atoms with van der Waals surface area (Å²) < 4.78 is 1.59. The summed E-state index contributed by atoms with van der Waals surface area (Å²) in [4.78, 5) is 22.4. The van der Waals surface area contributed by atoms with Gasteiger partial charge in [-0.25, -0.2) is 4.79 Å². The number of nitrogens with zero attached hydrogens (tertiary/aromatic N) is 1. The Morgan fingerprint density at radius 1 is 1.47 bits per heavy atom. The van der Waals surface area contributed by atoms with E-state index in [1.807, 2.05) is 0 Å². The van der Waals surface area contributed by atoms with Crippen LogP contribution in [-0.2, 0) is 18.4 Å². The summed E-state index contributed by atoms with van der Waals surface area (Å²) in [7, 11) is 1.69. The van der Waals surface area contributed by atoms with Gasteiger partial charge in [-0.05, 0) is 25.0 Å². The van der Waals surface area contributed by atoms with Crippen LogP contribution < -0.4 is 5.32 Å². The lowest BCUT2D eigenvalue weighted by molar-refractivity contribution is -0.127. The van der Waals surface area contributed by atoms with Crippen LogP contribution in [0, 0.1) is 5.92 Å². The van der Waals surface area contributed by atoms with E-state index in [2.05, 4.69) is 5.32 Å². The van der Waals surface area contributed by atoms with Gasteiger partial charge in [-0.2, -0.15) is 0 Å². The Kier molecular flexibility index (Phi) is 3.17. The number of aromatic carboxylic acids is 1. The molecule has 1 aromatic rings. The number of rotatable bonds is 4. The number of amides is 1. The van der Waals surface area contributed by atoms with Crippen molar-refractivity contribution in [3.63, 3.8) is 0 Å². The van der Waals surface area contributed by atoms with Crippen molar-refractivity contribution in [1.29, 1.82) is 0 Å². The number of nitrogens with one attached hydrogen (secondary N) is 1. The smallest absolute Gasteiger partial charge is 0.352 e. The highest BCUT2D eigenvalue weighted by Gasteiger charge is 2.25. The van der Waals surface area contributed by atoms with Crippen LogP contribution in [0.2, 0.25) is 0 Å². The van der Waals surface area contributed by atoms with E-state index < -0.39 is 5.97 Å². The highest BCUT2D eigenvalue weighted by Crippen LogP contribution is 2.26. The zero-order chi connectivity index (χ0) is 12.4. The molecule has 1 aromatic heterocycles. The van der Waals surface area contributed by atoms with Gasteiger partial charge in [0.15, 0.2) is 0 Å². The van der Waals surface area contributed by atoms with Gasteiger partial charge in [0.1, 0.15) is 5.69 Å². The SMILES string of the molecule is Cn1c(CNC(=O)C2CCC2)ccc1C(=O)O. The predicted octanol–water partition coefficient (Wildman–Crippen LogP) is 1.14. The van der Waals surface area contributed by atoms with Crippen LogP contribution in [0.4, 0.5) is 0 Å². The maximum absolute atomic E-state index is 11.6. The molecule has 1 amide bonds. The topological polar surface area (TPSA) is 71.3 Å². The van der Waals surface area contributed by atoms with Crippen molar-refractivity contribution in [3.05, 3.63) is 23.5 Å². The molecule has 0 bridgehead atoms. The molecule has 5 nitrogen and oxygen atoms in total. The number of aromatic nitrogens is 1. The van der Waals surface area contributed by atoms with Crippen molar-refractivity contribution in [2.75, 3.05) is 0 Å². The van der Waals surface area contributed by atoms with E-state index in [4.69, 9.17) is 5.11 Å². The molecule has 92 valence electrons. The van der Waals surface area contributed by atoms with Gasteiger partial charge < -0.3 is 15.0 Å². The molecule has 0 spiro atoms. The second-order valence-corrected chi connectivity index (χ2v) is 4.42. The standard InChI is InChI=1S/C12H16N2O3/c1-14-9(5-6-10(14)12(16)17)7-13-11(15)8-3-2-4-8/h5-6,8H,2-4,7H2,1H3,(H,13,15)(H,16,17). The second kappa shape index (κ2) is 4.61. The van der Waals surface area contributed by atoms with Gasteiger partial charge in [0.25, 0.3) is 0 Å². The Hall–Kier alpha value is -1.78. The van der Waals surface area contributed by atoms with E-state index in [9.17, 15) is 9.59 Å². The van der Waals surface area contributed by atoms with Crippen LogP contribution in [0.5, 0.6) is 0 Å². The van der Waals surface area contributed by atoms with Gasteiger partial charge >= 0.3 is 5.97 Å². The first kappa shape index (κ1) is 11.7. The Labute approximate surface area is 99.4 Å². The summed E-state index contributed by atoms with van der Waals surface area (Å²) >= 11 is 0. The molecule has 1 saturated carbocycles. The summed E-state index contributed by atoms with van der Waals surface area (Å²) in [6.07, 6.45) is 3.07. The number of carboxylic acids is 1. The van der Waals surface area contributed by atoms with Gasteiger partial charge in [-0.3, -0.25) is 4.79 Å². The Morgan fingerprint density at radius 3 is 2.65 bits per heavy atom. The predicted molar refractivity (Wildman–Crippen MR) is 61.6 cm³/mol. The van der Waals surface area contributed by atoms with Crippen molar-refractivity contribution >= 4 is 11.9 Å². The quantitative estimate of drug-likeness (QED) is 0.823. The first-order valence-electron chi connectivity index (χ1n) is 5.75. The van der Waals surface area contributed by atoms with Crippen LogP contribution in [0.15, 0.2) is 12.1 Å². The van der Waals surface area contributed by atoms with E-state index >= 15 is 0 Å². The minimum absolute atomic E-state index is 0.0781. The highest BCUT2D eigenvalue weighted by molar-refractivity contribution is 5.86. The fourth-order valence-corrected chi connectivity index (χ4v) is 1.94. The fraction of sp³-hybridized carbons (Fsp3) is 0.500. The van der Waals surface area contributed by atoms with Crippen molar-refractivity contribution in [1.82, 2.24) is 9.88 Å². The molecule has 0 saturated heterocycles. The molecular formula is C12H16N2O3. The van der Waals surface area contributed by atoms with Crippen LogP contribution in [-0.4, -0.2) is 21.6 Å². The molecule has 2 rings (SSSR count). The lowest BCUT2D eigenvalue weighted by Gasteiger charge is -2.24. The molecule has 0 atom stereocenters. The molecule has 0 aromatic carbocycles. The van der Waals surface area contributed by atoms with Crippen molar-refractivity contribution < 1.29 is 14.7 Å². The van der Waals surface area contributed by atoms with Gasteiger partial charge in [-0.1, -0.05) is 6.42 Å². The Morgan fingerprint density at radius 2 is 2.18 bits per heavy atom. The molecule has 1 aliphatic carbocycles. The van der Waals surface area contributed by atoms with Crippen LogP contribution in [0.1, 0.15) is 35.4 Å². The monoisotopic (exact) mass is 236 g/mol. The third kappa shape index (κ3) is 2.33. The van der Waals surface area contributed by atoms with Crippen LogP contribution in [0.25, 0.3) is 0 Å². The third-order valence-electron chi connectivity index (χ3n) is 3.36. The molecular weight excluding hydrogens is 220 g/mol. The minimum atomic E-state index is -0.955. The van der Waals surface area contributed by atoms with Crippen LogP contribution in [0.3, 0.4) is 0 Å². The summed E-state index contributed by atoms with van der Waals surface area (Å²) in [5, 5.41) is 11.7. The molecule has 0 aliphatic heterocycles. The minimum Gasteiger partial charge on any atom is -0.477 e. The molecule has 1 heterocycles. The molecule has 2 N–H and O–H groups in total. The highest BCUT2D eigenvalue weighted by atomic mass is 16.4. The maximum atomic E-state index is 11.6. The average Bonchev–Trinajstić information content (AvgIpc) is 2.54. The zero-order valence-electron chi connectivity index (χ0n) is 9.77. The Balaban J connectivity index is 1.94. The molecule has 1 fully saturated rings. The van der Waals surface area contributed by atoms with E-state index in [0.29, 0.717) is 6.54 Å². The van der Waals surface area contributed by atoms with E-state index in [0.717, 1.165) is 25.0 Å². The van der Waals surface area contributed by atoms with Crippen molar-refractivity contribution in [2.24, 2.45) is 13.0 Å². The van der Waals surface area contributed by atoms with E-state index in [-0.39, 0.29) is 17.5 Å².